The fourth-order valence-corrected chi connectivity index (χ4v) is 4.28. The summed E-state index contributed by atoms with van der Waals surface area (Å²) in [5, 5.41) is 1.89. The van der Waals surface area contributed by atoms with Crippen LogP contribution in [0.15, 0.2) is 46.7 Å². The summed E-state index contributed by atoms with van der Waals surface area (Å²) < 4.78 is 65.0. The molecule has 1 fully saturated rings. The zero-order chi connectivity index (χ0) is 19.7. The van der Waals surface area contributed by atoms with Gasteiger partial charge in [-0.25, -0.2) is 13.1 Å². The van der Waals surface area contributed by atoms with E-state index in [9.17, 15) is 26.4 Å². The van der Waals surface area contributed by atoms with E-state index in [0.717, 1.165) is 35.9 Å². The van der Waals surface area contributed by atoms with Gasteiger partial charge in [0.05, 0.1) is 23.5 Å². The molecular formula is C17H17F3N2O3S2. The summed E-state index contributed by atoms with van der Waals surface area (Å²) in [4.78, 5) is 14.5. The van der Waals surface area contributed by atoms with Crippen LogP contribution in [0.4, 0.5) is 13.2 Å². The van der Waals surface area contributed by atoms with Crippen LogP contribution in [0.2, 0.25) is 0 Å². The molecule has 0 saturated heterocycles. The number of benzene rings is 1. The van der Waals surface area contributed by atoms with Crippen molar-refractivity contribution >= 4 is 27.3 Å². The zero-order valence-electron chi connectivity index (χ0n) is 14.1. The number of hydrogen-bond donors (Lipinski definition) is 1. The molecule has 0 bridgehead atoms. The van der Waals surface area contributed by atoms with Gasteiger partial charge in [-0.15, -0.1) is 11.3 Å². The van der Waals surface area contributed by atoms with Gasteiger partial charge in [-0.1, -0.05) is 12.1 Å². The summed E-state index contributed by atoms with van der Waals surface area (Å²) >= 11 is 1.50. The fraction of sp³-hybridized carbons (Fsp3) is 0.353. The number of hydrogen-bond acceptors (Lipinski definition) is 4. The van der Waals surface area contributed by atoms with Crippen molar-refractivity contribution in [3.05, 3.63) is 52.2 Å². The number of thiophene rings is 1. The summed E-state index contributed by atoms with van der Waals surface area (Å²) in [6, 6.07) is 7.26. The molecule has 1 amide bonds. The SMILES string of the molecule is O=C(CNS(=O)(=O)c1cccc(C(F)(F)F)c1)N(Cc1cccs1)C1CC1. The lowest BCUT2D eigenvalue weighted by atomic mass is 10.2. The third-order valence-corrected chi connectivity index (χ3v) is 6.36. The van der Waals surface area contributed by atoms with Crippen LogP contribution in [0, 0.1) is 0 Å². The molecule has 0 spiro atoms. The molecule has 0 aliphatic heterocycles. The Balaban J connectivity index is 1.68. The van der Waals surface area contributed by atoms with Crippen molar-refractivity contribution in [1.82, 2.24) is 9.62 Å². The van der Waals surface area contributed by atoms with Crippen molar-refractivity contribution in [2.75, 3.05) is 6.54 Å². The first-order valence-corrected chi connectivity index (χ1v) is 10.5. The van der Waals surface area contributed by atoms with Crippen LogP contribution in [0.3, 0.4) is 0 Å². The largest absolute Gasteiger partial charge is 0.416 e. The highest BCUT2D eigenvalue weighted by atomic mass is 32.2. The predicted molar refractivity (Wildman–Crippen MR) is 94.5 cm³/mol. The molecule has 27 heavy (non-hydrogen) atoms. The monoisotopic (exact) mass is 418 g/mol. The lowest BCUT2D eigenvalue weighted by molar-refractivity contribution is -0.137. The molecule has 146 valence electrons. The zero-order valence-corrected chi connectivity index (χ0v) is 15.7. The topological polar surface area (TPSA) is 66.5 Å². The average molecular weight is 418 g/mol. The van der Waals surface area contributed by atoms with Crippen molar-refractivity contribution in [3.8, 4) is 0 Å². The minimum atomic E-state index is -4.65. The summed E-state index contributed by atoms with van der Waals surface area (Å²) in [5.74, 6) is -0.401. The maximum atomic E-state index is 12.8. The van der Waals surface area contributed by atoms with Crippen molar-refractivity contribution in [1.29, 1.82) is 0 Å². The number of carbonyl (C=O) groups is 1. The second kappa shape index (κ2) is 7.61. The highest BCUT2D eigenvalue weighted by molar-refractivity contribution is 7.89. The van der Waals surface area contributed by atoms with Gasteiger partial charge in [-0.05, 0) is 42.5 Å². The van der Waals surface area contributed by atoms with E-state index in [4.69, 9.17) is 0 Å². The lowest BCUT2D eigenvalue weighted by Crippen LogP contribution is -2.40. The second-order valence-corrected chi connectivity index (χ2v) is 8.98. The molecule has 0 atom stereocenters. The molecule has 1 aliphatic carbocycles. The van der Waals surface area contributed by atoms with E-state index in [2.05, 4.69) is 4.72 Å². The van der Waals surface area contributed by atoms with E-state index in [-0.39, 0.29) is 6.04 Å². The Morgan fingerprint density at radius 3 is 2.56 bits per heavy atom. The van der Waals surface area contributed by atoms with Gasteiger partial charge in [0.25, 0.3) is 0 Å². The molecule has 10 heteroatoms. The van der Waals surface area contributed by atoms with Crippen LogP contribution in [0.1, 0.15) is 23.3 Å². The highest BCUT2D eigenvalue weighted by Gasteiger charge is 2.34. The first-order chi connectivity index (χ1) is 12.7. The highest BCUT2D eigenvalue weighted by Crippen LogP contribution is 2.31. The smallest absolute Gasteiger partial charge is 0.333 e. The van der Waals surface area contributed by atoms with Crippen molar-refractivity contribution in [2.24, 2.45) is 0 Å². The molecule has 0 unspecified atom stereocenters. The molecule has 1 N–H and O–H groups in total. The van der Waals surface area contributed by atoms with E-state index in [1.807, 2.05) is 17.5 Å². The molecule has 5 nitrogen and oxygen atoms in total. The second-order valence-electron chi connectivity index (χ2n) is 6.18. The standard InChI is InChI=1S/C17H17F3N2O3S2/c18-17(19,20)12-3-1-5-15(9-12)27(24,25)21-10-16(23)22(13-6-7-13)11-14-4-2-8-26-14/h1-5,8-9,13,21H,6-7,10-11H2. The van der Waals surface area contributed by atoms with E-state index in [1.165, 1.54) is 11.3 Å². The molecule has 1 aromatic heterocycles. The number of rotatable bonds is 7. The maximum absolute atomic E-state index is 12.8. The van der Waals surface area contributed by atoms with E-state index in [1.54, 1.807) is 4.90 Å². The molecule has 1 saturated carbocycles. The van der Waals surface area contributed by atoms with Crippen LogP contribution >= 0.6 is 11.3 Å². The molecule has 3 rings (SSSR count). The number of alkyl halides is 3. The van der Waals surface area contributed by atoms with Gasteiger partial charge in [0, 0.05) is 10.9 Å². The maximum Gasteiger partial charge on any atom is 0.416 e. The van der Waals surface area contributed by atoms with Crippen LogP contribution in [-0.2, 0) is 27.5 Å². The van der Waals surface area contributed by atoms with E-state index >= 15 is 0 Å². The first-order valence-electron chi connectivity index (χ1n) is 8.15. The van der Waals surface area contributed by atoms with Crippen LogP contribution in [0.25, 0.3) is 0 Å². The fourth-order valence-electron chi connectivity index (χ4n) is 2.56. The van der Waals surface area contributed by atoms with Gasteiger partial charge in [-0.3, -0.25) is 4.79 Å². The van der Waals surface area contributed by atoms with Crippen molar-refractivity contribution in [3.63, 3.8) is 0 Å². The van der Waals surface area contributed by atoms with Gasteiger partial charge in [0.15, 0.2) is 0 Å². The normalized spacial score (nSPS) is 14.9. The number of sulfonamides is 1. The van der Waals surface area contributed by atoms with Gasteiger partial charge in [0.1, 0.15) is 0 Å². The Labute approximate surface area is 158 Å². The summed E-state index contributed by atoms with van der Waals surface area (Å²) in [7, 11) is -4.23. The summed E-state index contributed by atoms with van der Waals surface area (Å²) in [6.07, 6.45) is -2.93. The number of carbonyl (C=O) groups excluding carboxylic acids is 1. The third kappa shape index (κ3) is 5.08. The van der Waals surface area contributed by atoms with Gasteiger partial charge in [0.2, 0.25) is 15.9 Å². The van der Waals surface area contributed by atoms with E-state index in [0.29, 0.717) is 12.6 Å². The minimum absolute atomic E-state index is 0.0812. The molecule has 1 heterocycles. The molecule has 0 radical (unpaired) electrons. The summed E-state index contributed by atoms with van der Waals surface area (Å²) in [6.45, 7) is -0.104. The van der Waals surface area contributed by atoms with Gasteiger partial charge >= 0.3 is 6.18 Å². The molecule has 2 aromatic rings. The first kappa shape index (κ1) is 19.8. The van der Waals surface area contributed by atoms with Gasteiger partial charge < -0.3 is 4.90 Å². The number of nitrogens with one attached hydrogen (secondary N) is 1. The third-order valence-electron chi connectivity index (χ3n) is 4.10. The Hall–Kier alpha value is -1.91. The van der Waals surface area contributed by atoms with Crippen LogP contribution in [-0.4, -0.2) is 31.8 Å². The lowest BCUT2D eigenvalue weighted by Gasteiger charge is -2.22. The number of nitrogens with zero attached hydrogens (tertiary/aromatic N) is 1. The van der Waals surface area contributed by atoms with E-state index < -0.39 is 39.1 Å². The number of halogens is 3. The number of amides is 1. The van der Waals surface area contributed by atoms with Crippen LogP contribution in [0.5, 0.6) is 0 Å². The minimum Gasteiger partial charge on any atom is -0.333 e. The molecular weight excluding hydrogens is 401 g/mol. The Morgan fingerprint density at radius 2 is 1.96 bits per heavy atom. The van der Waals surface area contributed by atoms with Crippen molar-refractivity contribution in [2.45, 2.75) is 36.5 Å². The Kier molecular flexibility index (Phi) is 5.59. The Morgan fingerprint density at radius 1 is 1.22 bits per heavy atom. The van der Waals surface area contributed by atoms with Crippen LogP contribution < -0.4 is 4.72 Å². The quantitative estimate of drug-likeness (QED) is 0.751. The van der Waals surface area contributed by atoms with Crippen molar-refractivity contribution < 1.29 is 26.4 Å². The predicted octanol–water partition coefficient (Wildman–Crippen LogP) is 3.24. The Bertz CT molecular complexity index is 908. The van der Waals surface area contributed by atoms with Gasteiger partial charge in [-0.2, -0.15) is 13.2 Å². The summed E-state index contributed by atoms with van der Waals surface area (Å²) in [5.41, 5.74) is -1.06. The molecule has 1 aromatic carbocycles. The molecule has 1 aliphatic rings. The average Bonchev–Trinajstić information content (AvgIpc) is 3.33.